The van der Waals surface area contributed by atoms with Gasteiger partial charge in [0, 0.05) is 21.6 Å². The van der Waals surface area contributed by atoms with Gasteiger partial charge < -0.3 is 11.1 Å². The Morgan fingerprint density at radius 3 is 2.74 bits per heavy atom. The fourth-order valence-electron chi connectivity index (χ4n) is 1.42. The van der Waals surface area contributed by atoms with Crippen molar-refractivity contribution in [2.75, 3.05) is 22.6 Å². The summed E-state index contributed by atoms with van der Waals surface area (Å²) < 4.78 is 11.7. The van der Waals surface area contributed by atoms with Crippen LogP contribution in [-0.4, -0.2) is 21.6 Å². The third-order valence-corrected chi connectivity index (χ3v) is 4.01. The second kappa shape index (κ2) is 7.50. The van der Waals surface area contributed by atoms with E-state index in [4.69, 9.17) is 17.3 Å². The number of nitrogens with one attached hydrogen (secondary N) is 1. The lowest BCUT2D eigenvalue weighted by atomic mass is 10.2. The predicted molar refractivity (Wildman–Crippen MR) is 81.8 cm³/mol. The summed E-state index contributed by atoms with van der Waals surface area (Å²) in [4.78, 5) is 11.7. The Hall–Kier alpha value is -1.07. The predicted octanol–water partition coefficient (Wildman–Crippen LogP) is 2.66. The maximum atomic E-state index is 11.7. The van der Waals surface area contributed by atoms with Crippen molar-refractivity contribution in [2.24, 2.45) is 5.92 Å². The lowest BCUT2D eigenvalue weighted by Crippen LogP contribution is -2.21. The highest BCUT2D eigenvalue weighted by molar-refractivity contribution is 7.85. The van der Waals surface area contributed by atoms with Gasteiger partial charge in [0.15, 0.2) is 0 Å². The lowest BCUT2D eigenvalue weighted by molar-refractivity contribution is -0.113. The van der Waals surface area contributed by atoms with Crippen LogP contribution < -0.4 is 11.1 Å². The molecular formula is C13H19ClN2O2S. The number of amides is 1. The van der Waals surface area contributed by atoms with Gasteiger partial charge in [0.1, 0.15) is 5.75 Å². The Labute approximate surface area is 121 Å². The van der Waals surface area contributed by atoms with E-state index < -0.39 is 10.8 Å². The first-order valence-corrected chi connectivity index (χ1v) is 7.95. The zero-order valence-electron chi connectivity index (χ0n) is 11.1. The van der Waals surface area contributed by atoms with Crippen molar-refractivity contribution in [2.45, 2.75) is 20.3 Å². The van der Waals surface area contributed by atoms with Gasteiger partial charge in [-0.3, -0.25) is 9.00 Å². The molecule has 1 atom stereocenters. The van der Waals surface area contributed by atoms with E-state index in [2.05, 4.69) is 19.2 Å². The van der Waals surface area contributed by atoms with Gasteiger partial charge in [-0.1, -0.05) is 25.4 Å². The first-order chi connectivity index (χ1) is 8.88. The molecule has 0 saturated carbocycles. The maximum Gasteiger partial charge on any atom is 0.237 e. The molecule has 6 heteroatoms. The lowest BCUT2D eigenvalue weighted by Gasteiger charge is -2.09. The molecule has 1 rings (SSSR count). The molecule has 1 amide bonds. The average molecular weight is 303 g/mol. The number of carbonyl (C=O) groups excluding carboxylic acids is 1. The van der Waals surface area contributed by atoms with Gasteiger partial charge in [0.25, 0.3) is 0 Å². The molecule has 19 heavy (non-hydrogen) atoms. The van der Waals surface area contributed by atoms with Crippen LogP contribution in [0, 0.1) is 5.92 Å². The Kier molecular flexibility index (Phi) is 6.31. The van der Waals surface area contributed by atoms with Crippen LogP contribution in [0.25, 0.3) is 0 Å². The van der Waals surface area contributed by atoms with Crippen LogP contribution in [0.1, 0.15) is 20.3 Å². The Morgan fingerprint density at radius 2 is 2.16 bits per heavy atom. The highest BCUT2D eigenvalue weighted by atomic mass is 35.5. The minimum atomic E-state index is -1.13. The molecule has 4 nitrogen and oxygen atoms in total. The van der Waals surface area contributed by atoms with Gasteiger partial charge in [-0.25, -0.2) is 0 Å². The van der Waals surface area contributed by atoms with Gasteiger partial charge in [0.05, 0.1) is 11.4 Å². The molecule has 0 spiro atoms. The normalized spacial score (nSPS) is 12.4. The van der Waals surface area contributed by atoms with E-state index in [9.17, 15) is 9.00 Å². The van der Waals surface area contributed by atoms with Crippen LogP contribution in [0.5, 0.6) is 0 Å². The van der Waals surface area contributed by atoms with Gasteiger partial charge in [-0.05, 0) is 30.5 Å². The van der Waals surface area contributed by atoms with Crippen molar-refractivity contribution in [3.63, 3.8) is 0 Å². The van der Waals surface area contributed by atoms with Gasteiger partial charge in [-0.2, -0.15) is 0 Å². The fourth-order valence-corrected chi connectivity index (χ4v) is 2.84. The molecule has 0 aliphatic carbocycles. The number of rotatable bonds is 6. The van der Waals surface area contributed by atoms with E-state index in [1.807, 2.05) is 0 Å². The van der Waals surface area contributed by atoms with E-state index in [-0.39, 0.29) is 11.7 Å². The number of nitrogen functional groups attached to an aromatic ring is 1. The number of anilines is 2. The smallest absolute Gasteiger partial charge is 0.237 e. The minimum Gasteiger partial charge on any atom is -0.397 e. The van der Waals surface area contributed by atoms with E-state index in [1.165, 1.54) is 0 Å². The molecule has 0 heterocycles. The second-order valence-electron chi connectivity index (χ2n) is 4.75. The number of halogens is 1. The summed E-state index contributed by atoms with van der Waals surface area (Å²) in [6.45, 7) is 4.12. The van der Waals surface area contributed by atoms with E-state index in [0.29, 0.717) is 28.1 Å². The quantitative estimate of drug-likeness (QED) is 0.794. The third kappa shape index (κ3) is 6.07. The van der Waals surface area contributed by atoms with E-state index >= 15 is 0 Å². The summed E-state index contributed by atoms with van der Waals surface area (Å²) in [7, 11) is -1.13. The largest absolute Gasteiger partial charge is 0.397 e. The Bertz CT molecular complexity index is 478. The van der Waals surface area contributed by atoms with Crippen molar-refractivity contribution < 1.29 is 9.00 Å². The first-order valence-electron chi connectivity index (χ1n) is 6.08. The summed E-state index contributed by atoms with van der Waals surface area (Å²) >= 11 is 5.77. The van der Waals surface area contributed by atoms with Crippen LogP contribution in [0.15, 0.2) is 18.2 Å². The third-order valence-electron chi connectivity index (χ3n) is 2.50. The SMILES string of the molecule is CC(C)CCS(=O)CC(=O)Nc1ccc(Cl)cc1N. The summed E-state index contributed by atoms with van der Waals surface area (Å²) in [5, 5.41) is 3.15. The number of hydrogen-bond acceptors (Lipinski definition) is 3. The molecule has 0 fully saturated rings. The van der Waals surface area contributed by atoms with Crippen LogP contribution >= 0.6 is 11.6 Å². The summed E-state index contributed by atoms with van der Waals surface area (Å²) in [6, 6.07) is 4.84. The van der Waals surface area contributed by atoms with Crippen molar-refractivity contribution in [1.82, 2.24) is 0 Å². The van der Waals surface area contributed by atoms with E-state index in [0.717, 1.165) is 6.42 Å². The summed E-state index contributed by atoms with van der Waals surface area (Å²) in [6.07, 6.45) is 0.850. The molecule has 1 aromatic rings. The summed E-state index contributed by atoms with van der Waals surface area (Å²) in [5.74, 6) is 0.728. The first kappa shape index (κ1) is 16.0. The minimum absolute atomic E-state index is 0.00517. The molecule has 0 radical (unpaired) electrons. The standard InChI is InChI=1S/C13H19ClN2O2S/c1-9(2)5-6-19(18)8-13(17)16-12-4-3-10(14)7-11(12)15/h3-4,7,9H,5-6,8,15H2,1-2H3,(H,16,17). The average Bonchev–Trinajstić information content (AvgIpc) is 2.30. The molecule has 1 unspecified atom stereocenters. The number of carbonyl (C=O) groups is 1. The monoisotopic (exact) mass is 302 g/mol. The topological polar surface area (TPSA) is 72.2 Å². The van der Waals surface area contributed by atoms with E-state index in [1.54, 1.807) is 18.2 Å². The molecule has 0 aromatic heterocycles. The maximum absolute atomic E-state index is 11.7. The zero-order chi connectivity index (χ0) is 14.4. The fraction of sp³-hybridized carbons (Fsp3) is 0.462. The molecule has 0 aliphatic heterocycles. The Balaban J connectivity index is 2.49. The van der Waals surface area contributed by atoms with Crippen LogP contribution in [0.2, 0.25) is 5.02 Å². The van der Waals surface area contributed by atoms with Crippen LogP contribution in [0.4, 0.5) is 11.4 Å². The van der Waals surface area contributed by atoms with Crippen molar-refractivity contribution in [3.8, 4) is 0 Å². The van der Waals surface area contributed by atoms with Crippen molar-refractivity contribution in [1.29, 1.82) is 0 Å². The highest BCUT2D eigenvalue weighted by Gasteiger charge is 2.10. The second-order valence-corrected chi connectivity index (χ2v) is 6.76. The zero-order valence-corrected chi connectivity index (χ0v) is 12.7. The molecular weight excluding hydrogens is 284 g/mol. The Morgan fingerprint density at radius 1 is 1.47 bits per heavy atom. The molecule has 0 bridgehead atoms. The van der Waals surface area contributed by atoms with Crippen LogP contribution in [0.3, 0.4) is 0 Å². The number of benzene rings is 1. The number of nitrogens with two attached hydrogens (primary N) is 1. The van der Waals surface area contributed by atoms with Gasteiger partial charge in [-0.15, -0.1) is 0 Å². The van der Waals surface area contributed by atoms with Gasteiger partial charge >= 0.3 is 0 Å². The highest BCUT2D eigenvalue weighted by Crippen LogP contribution is 2.22. The van der Waals surface area contributed by atoms with Crippen molar-refractivity contribution >= 4 is 39.7 Å². The van der Waals surface area contributed by atoms with Crippen molar-refractivity contribution in [3.05, 3.63) is 23.2 Å². The van der Waals surface area contributed by atoms with Crippen LogP contribution in [-0.2, 0) is 15.6 Å². The summed E-state index contributed by atoms with van der Waals surface area (Å²) in [5.41, 5.74) is 6.62. The molecule has 0 saturated heterocycles. The number of hydrogen-bond donors (Lipinski definition) is 2. The molecule has 3 N–H and O–H groups in total. The molecule has 106 valence electrons. The molecule has 0 aliphatic rings. The van der Waals surface area contributed by atoms with Gasteiger partial charge in [0.2, 0.25) is 5.91 Å². The molecule has 1 aromatic carbocycles.